The zero-order valence-electron chi connectivity index (χ0n) is 11.7. The Hall–Kier alpha value is -2.14. The van der Waals surface area contributed by atoms with Gasteiger partial charge in [-0.1, -0.05) is 12.1 Å². The maximum atomic E-state index is 4.65. The van der Waals surface area contributed by atoms with Crippen molar-refractivity contribution in [1.29, 1.82) is 0 Å². The molecule has 0 amide bonds. The average Bonchev–Trinajstić information content (AvgIpc) is 3.08. The quantitative estimate of drug-likeness (QED) is 0.696. The zero-order valence-corrected chi connectivity index (χ0v) is 11.7. The first kappa shape index (κ1) is 12.9. The SMILES string of the molecule is Cn1c(CNCCCn2ccnc2)nc2ccccc21. The minimum Gasteiger partial charge on any atom is -0.337 e. The molecule has 0 aliphatic heterocycles. The minimum atomic E-state index is 0.801. The van der Waals surface area contributed by atoms with Crippen LogP contribution in [0.3, 0.4) is 0 Å². The maximum Gasteiger partial charge on any atom is 0.123 e. The van der Waals surface area contributed by atoms with Gasteiger partial charge in [-0.2, -0.15) is 0 Å². The van der Waals surface area contributed by atoms with Crippen LogP contribution in [0.25, 0.3) is 11.0 Å². The van der Waals surface area contributed by atoms with Crippen LogP contribution in [-0.2, 0) is 20.1 Å². The number of rotatable bonds is 6. The standard InChI is InChI=1S/C15H19N5/c1-19-14-6-3-2-5-13(14)18-15(19)11-16-7-4-9-20-10-8-17-12-20/h2-3,5-6,8,10,12,16H,4,7,9,11H2,1H3. The number of aryl methyl sites for hydroxylation is 2. The van der Waals surface area contributed by atoms with E-state index in [1.54, 1.807) is 0 Å². The molecule has 3 aromatic rings. The van der Waals surface area contributed by atoms with Crippen molar-refractivity contribution in [2.75, 3.05) is 6.54 Å². The Labute approximate surface area is 118 Å². The second-order valence-corrected chi connectivity index (χ2v) is 4.91. The fraction of sp³-hybridized carbons (Fsp3) is 0.333. The lowest BCUT2D eigenvalue weighted by Gasteiger charge is -2.05. The molecule has 20 heavy (non-hydrogen) atoms. The summed E-state index contributed by atoms with van der Waals surface area (Å²) in [6, 6.07) is 8.23. The van der Waals surface area contributed by atoms with Gasteiger partial charge < -0.3 is 14.5 Å². The Kier molecular flexibility index (Phi) is 3.78. The Balaban J connectivity index is 1.51. The molecule has 0 aliphatic rings. The largest absolute Gasteiger partial charge is 0.337 e. The molecule has 0 unspecified atom stereocenters. The van der Waals surface area contributed by atoms with Crippen LogP contribution < -0.4 is 5.32 Å². The van der Waals surface area contributed by atoms with E-state index in [0.29, 0.717) is 0 Å². The van der Waals surface area contributed by atoms with E-state index in [2.05, 4.69) is 43.6 Å². The van der Waals surface area contributed by atoms with Gasteiger partial charge in [0.2, 0.25) is 0 Å². The van der Waals surface area contributed by atoms with Crippen molar-refractivity contribution in [3.05, 3.63) is 48.8 Å². The molecule has 104 valence electrons. The van der Waals surface area contributed by atoms with Gasteiger partial charge in [-0.15, -0.1) is 0 Å². The van der Waals surface area contributed by atoms with Crippen LogP contribution in [0.2, 0.25) is 0 Å². The van der Waals surface area contributed by atoms with Crippen molar-refractivity contribution in [3.8, 4) is 0 Å². The van der Waals surface area contributed by atoms with Crippen molar-refractivity contribution in [2.24, 2.45) is 7.05 Å². The van der Waals surface area contributed by atoms with Crippen molar-refractivity contribution in [1.82, 2.24) is 24.4 Å². The summed E-state index contributed by atoms with van der Waals surface area (Å²) < 4.78 is 4.24. The molecule has 0 bridgehead atoms. The number of fused-ring (bicyclic) bond motifs is 1. The van der Waals surface area contributed by atoms with Gasteiger partial charge >= 0.3 is 0 Å². The second-order valence-electron chi connectivity index (χ2n) is 4.91. The second kappa shape index (κ2) is 5.88. The fourth-order valence-corrected chi connectivity index (χ4v) is 2.36. The molecule has 0 saturated carbocycles. The van der Waals surface area contributed by atoms with E-state index in [-0.39, 0.29) is 0 Å². The summed E-state index contributed by atoms with van der Waals surface area (Å²) in [6.45, 7) is 2.77. The van der Waals surface area contributed by atoms with Gasteiger partial charge in [-0.25, -0.2) is 9.97 Å². The predicted molar refractivity (Wildman–Crippen MR) is 79.3 cm³/mol. The molecule has 3 rings (SSSR count). The van der Waals surface area contributed by atoms with Gasteiger partial charge in [-0.3, -0.25) is 0 Å². The van der Waals surface area contributed by atoms with E-state index in [9.17, 15) is 0 Å². The number of hydrogen-bond acceptors (Lipinski definition) is 3. The third-order valence-corrected chi connectivity index (χ3v) is 3.49. The highest BCUT2D eigenvalue weighted by atomic mass is 15.1. The Morgan fingerprint density at radius 3 is 2.95 bits per heavy atom. The predicted octanol–water partition coefficient (Wildman–Crippen LogP) is 1.95. The summed E-state index contributed by atoms with van der Waals surface area (Å²) in [5, 5.41) is 3.45. The van der Waals surface area contributed by atoms with Gasteiger partial charge in [0.05, 0.1) is 23.9 Å². The lowest BCUT2D eigenvalue weighted by atomic mass is 10.3. The summed E-state index contributed by atoms with van der Waals surface area (Å²) in [5.74, 6) is 1.08. The molecule has 2 aromatic heterocycles. The monoisotopic (exact) mass is 269 g/mol. The van der Waals surface area contributed by atoms with Crippen molar-refractivity contribution >= 4 is 11.0 Å². The van der Waals surface area contributed by atoms with Gasteiger partial charge in [0, 0.05) is 26.0 Å². The number of hydrogen-bond donors (Lipinski definition) is 1. The van der Waals surface area contributed by atoms with E-state index in [0.717, 1.165) is 37.4 Å². The molecule has 5 nitrogen and oxygen atoms in total. The smallest absolute Gasteiger partial charge is 0.123 e. The maximum absolute atomic E-state index is 4.65. The van der Waals surface area contributed by atoms with E-state index >= 15 is 0 Å². The summed E-state index contributed by atoms with van der Waals surface area (Å²) in [7, 11) is 2.07. The third kappa shape index (κ3) is 2.72. The number of para-hydroxylation sites is 2. The molecule has 0 saturated heterocycles. The normalized spacial score (nSPS) is 11.2. The third-order valence-electron chi connectivity index (χ3n) is 3.49. The molecule has 0 spiro atoms. The van der Waals surface area contributed by atoms with Crippen molar-refractivity contribution in [2.45, 2.75) is 19.5 Å². The molecule has 0 radical (unpaired) electrons. The molecular formula is C15H19N5. The van der Waals surface area contributed by atoms with Gasteiger partial charge in [0.1, 0.15) is 5.82 Å². The molecule has 0 atom stereocenters. The summed E-state index contributed by atoms with van der Waals surface area (Å²) in [6.07, 6.45) is 6.74. The summed E-state index contributed by atoms with van der Waals surface area (Å²) in [4.78, 5) is 8.68. The molecule has 2 heterocycles. The van der Waals surface area contributed by atoms with Crippen LogP contribution in [0, 0.1) is 0 Å². The van der Waals surface area contributed by atoms with Crippen LogP contribution in [0.5, 0.6) is 0 Å². The summed E-state index contributed by atoms with van der Waals surface area (Å²) in [5.41, 5.74) is 2.24. The zero-order chi connectivity index (χ0) is 13.8. The number of nitrogens with zero attached hydrogens (tertiary/aromatic N) is 4. The molecule has 1 aromatic carbocycles. The first-order valence-corrected chi connectivity index (χ1v) is 6.91. The Morgan fingerprint density at radius 1 is 1.25 bits per heavy atom. The van der Waals surface area contributed by atoms with Crippen molar-refractivity contribution < 1.29 is 0 Å². The van der Waals surface area contributed by atoms with Gasteiger partial charge in [0.25, 0.3) is 0 Å². The van der Waals surface area contributed by atoms with Crippen LogP contribution >= 0.6 is 0 Å². The number of aromatic nitrogens is 4. The van der Waals surface area contributed by atoms with E-state index < -0.39 is 0 Å². The number of benzene rings is 1. The fourth-order valence-electron chi connectivity index (χ4n) is 2.36. The first-order valence-electron chi connectivity index (χ1n) is 6.91. The molecule has 5 heteroatoms. The van der Waals surface area contributed by atoms with E-state index in [4.69, 9.17) is 0 Å². The van der Waals surface area contributed by atoms with Crippen molar-refractivity contribution in [3.63, 3.8) is 0 Å². The van der Waals surface area contributed by atoms with E-state index in [1.165, 1.54) is 5.52 Å². The molecular weight excluding hydrogens is 250 g/mol. The Morgan fingerprint density at radius 2 is 2.15 bits per heavy atom. The van der Waals surface area contributed by atoms with Crippen LogP contribution in [0.1, 0.15) is 12.2 Å². The van der Waals surface area contributed by atoms with Gasteiger partial charge in [-0.05, 0) is 25.1 Å². The number of imidazole rings is 2. The lowest BCUT2D eigenvalue weighted by Crippen LogP contribution is -2.18. The van der Waals surface area contributed by atoms with Crippen LogP contribution in [0.15, 0.2) is 43.0 Å². The highest BCUT2D eigenvalue weighted by Crippen LogP contribution is 2.13. The lowest BCUT2D eigenvalue weighted by molar-refractivity contribution is 0.566. The Bertz CT molecular complexity index is 669. The van der Waals surface area contributed by atoms with Gasteiger partial charge in [0.15, 0.2) is 0 Å². The molecule has 0 fully saturated rings. The first-order chi connectivity index (χ1) is 9.84. The number of nitrogens with one attached hydrogen (secondary N) is 1. The molecule has 0 aliphatic carbocycles. The highest BCUT2D eigenvalue weighted by Gasteiger charge is 2.05. The highest BCUT2D eigenvalue weighted by molar-refractivity contribution is 5.75. The average molecular weight is 269 g/mol. The van der Waals surface area contributed by atoms with Crippen LogP contribution in [-0.4, -0.2) is 25.6 Å². The summed E-state index contributed by atoms with van der Waals surface area (Å²) >= 11 is 0. The minimum absolute atomic E-state index is 0.801. The topological polar surface area (TPSA) is 47.7 Å². The molecule has 1 N–H and O–H groups in total. The van der Waals surface area contributed by atoms with Crippen LogP contribution in [0.4, 0.5) is 0 Å². The van der Waals surface area contributed by atoms with E-state index in [1.807, 2.05) is 30.9 Å².